The Kier molecular flexibility index (Phi) is 4.31. The lowest BCUT2D eigenvalue weighted by Gasteiger charge is -2.48. The van der Waals surface area contributed by atoms with E-state index in [1.165, 1.54) is 24.6 Å². The van der Waals surface area contributed by atoms with Crippen LogP contribution in [0.2, 0.25) is 0 Å². The quantitative estimate of drug-likeness (QED) is 0.622. The zero-order valence-electron chi connectivity index (χ0n) is 14.6. The summed E-state index contributed by atoms with van der Waals surface area (Å²) < 4.78 is 35.6. The molecule has 0 saturated heterocycles. The SMILES string of the molecule is CC1CN=C2CCCC3C=CC(c4cc(O)cc(OS(=O)(=O)O)c4)C1C23. The summed E-state index contributed by atoms with van der Waals surface area (Å²) in [7, 11) is -4.64. The van der Waals surface area contributed by atoms with Crippen LogP contribution in [0.15, 0.2) is 35.3 Å². The Labute approximate surface area is 153 Å². The van der Waals surface area contributed by atoms with Gasteiger partial charge in [0.1, 0.15) is 11.5 Å². The topological polar surface area (TPSA) is 96.2 Å². The number of benzene rings is 1. The van der Waals surface area contributed by atoms with E-state index in [-0.39, 0.29) is 17.4 Å². The van der Waals surface area contributed by atoms with Crippen molar-refractivity contribution in [3.05, 3.63) is 35.9 Å². The van der Waals surface area contributed by atoms with Crippen LogP contribution in [0.5, 0.6) is 11.5 Å². The molecule has 7 heteroatoms. The summed E-state index contributed by atoms with van der Waals surface area (Å²) >= 11 is 0. The number of phenolic OH excluding ortho intramolecular Hbond substituents is 1. The van der Waals surface area contributed by atoms with Crippen LogP contribution in [0.4, 0.5) is 0 Å². The van der Waals surface area contributed by atoms with Crippen molar-refractivity contribution in [3.63, 3.8) is 0 Å². The number of rotatable bonds is 3. The first-order valence-electron chi connectivity index (χ1n) is 9.04. The third kappa shape index (κ3) is 3.25. The van der Waals surface area contributed by atoms with Gasteiger partial charge in [-0.05, 0) is 54.7 Å². The maximum atomic E-state index is 11.0. The van der Waals surface area contributed by atoms with E-state index < -0.39 is 10.4 Å². The minimum atomic E-state index is -4.64. The molecular formula is C19H23NO5S. The van der Waals surface area contributed by atoms with Crippen molar-refractivity contribution in [1.29, 1.82) is 0 Å². The number of aromatic hydroxyl groups is 1. The Morgan fingerprint density at radius 1 is 1.23 bits per heavy atom. The van der Waals surface area contributed by atoms with Crippen molar-refractivity contribution < 1.29 is 22.3 Å². The highest BCUT2D eigenvalue weighted by Gasteiger charge is 2.45. The van der Waals surface area contributed by atoms with Gasteiger partial charge in [0.2, 0.25) is 0 Å². The molecule has 1 aromatic carbocycles. The van der Waals surface area contributed by atoms with Gasteiger partial charge in [0.25, 0.3) is 0 Å². The second-order valence-corrected chi connectivity index (χ2v) is 8.67. The Bertz CT molecular complexity index is 876. The number of nitrogens with zero attached hydrogens (tertiary/aromatic N) is 1. The number of aliphatic imine (C=N–C) groups is 1. The molecule has 1 aromatic rings. The molecule has 0 radical (unpaired) electrons. The monoisotopic (exact) mass is 377 g/mol. The lowest BCUT2D eigenvalue weighted by Crippen LogP contribution is -2.45. The first kappa shape index (κ1) is 17.5. The fourth-order valence-corrected chi connectivity index (χ4v) is 5.37. The molecule has 0 spiro atoms. The molecule has 0 bridgehead atoms. The second kappa shape index (κ2) is 6.39. The van der Waals surface area contributed by atoms with E-state index in [1.807, 2.05) is 0 Å². The summed E-state index contributed by atoms with van der Waals surface area (Å²) in [6.45, 7) is 3.02. The lowest BCUT2D eigenvalue weighted by atomic mass is 9.58. The Morgan fingerprint density at radius 2 is 2.04 bits per heavy atom. The highest BCUT2D eigenvalue weighted by molar-refractivity contribution is 7.81. The smallest absolute Gasteiger partial charge is 0.446 e. The van der Waals surface area contributed by atoms with Gasteiger partial charge < -0.3 is 9.29 Å². The van der Waals surface area contributed by atoms with Gasteiger partial charge in [-0.15, -0.1) is 0 Å². The fourth-order valence-electron chi connectivity index (χ4n) is 5.03. The van der Waals surface area contributed by atoms with Crippen LogP contribution >= 0.6 is 0 Å². The van der Waals surface area contributed by atoms with E-state index in [4.69, 9.17) is 9.55 Å². The van der Waals surface area contributed by atoms with Gasteiger partial charge in [-0.2, -0.15) is 8.42 Å². The van der Waals surface area contributed by atoms with E-state index in [1.54, 1.807) is 12.1 Å². The standard InChI is InChI=1S/C19H23NO5S/c1-11-10-20-17-4-2-3-12-5-6-16(18(11)19(12)17)13-7-14(21)9-15(8-13)25-26(22,23)24/h5-9,11-12,16,18-19,21H,2-4,10H2,1H3,(H,22,23,24). The summed E-state index contributed by atoms with van der Waals surface area (Å²) in [6, 6.07) is 4.42. The van der Waals surface area contributed by atoms with Gasteiger partial charge in [-0.1, -0.05) is 19.1 Å². The summed E-state index contributed by atoms with van der Waals surface area (Å²) in [5.74, 6) is 1.56. The average Bonchev–Trinajstić information content (AvgIpc) is 2.56. The van der Waals surface area contributed by atoms with Crippen molar-refractivity contribution >= 4 is 16.1 Å². The summed E-state index contributed by atoms with van der Waals surface area (Å²) in [4.78, 5) is 4.82. The van der Waals surface area contributed by atoms with E-state index in [0.29, 0.717) is 23.7 Å². The van der Waals surface area contributed by atoms with Crippen LogP contribution in [-0.4, -0.2) is 30.3 Å². The third-order valence-electron chi connectivity index (χ3n) is 5.95. The molecule has 4 rings (SSSR count). The van der Waals surface area contributed by atoms with Gasteiger partial charge in [-0.25, -0.2) is 0 Å². The molecule has 1 aliphatic heterocycles. The summed E-state index contributed by atoms with van der Waals surface area (Å²) in [5, 5.41) is 10.0. The number of hydrogen-bond donors (Lipinski definition) is 2. The minimum absolute atomic E-state index is 0.0469. The van der Waals surface area contributed by atoms with Crippen LogP contribution in [0.1, 0.15) is 37.7 Å². The van der Waals surface area contributed by atoms with Gasteiger partial charge in [0.15, 0.2) is 0 Å². The van der Waals surface area contributed by atoms with Crippen molar-refractivity contribution in [2.75, 3.05) is 6.54 Å². The zero-order valence-corrected chi connectivity index (χ0v) is 15.4. The van der Waals surface area contributed by atoms with Crippen molar-refractivity contribution in [2.45, 2.75) is 32.1 Å². The molecule has 1 saturated carbocycles. The first-order valence-corrected chi connectivity index (χ1v) is 10.4. The van der Waals surface area contributed by atoms with Crippen molar-refractivity contribution in [3.8, 4) is 11.5 Å². The van der Waals surface area contributed by atoms with Crippen LogP contribution in [0.25, 0.3) is 0 Å². The fraction of sp³-hybridized carbons (Fsp3) is 0.526. The van der Waals surface area contributed by atoms with Crippen molar-refractivity contribution in [2.24, 2.45) is 28.7 Å². The third-order valence-corrected chi connectivity index (χ3v) is 6.35. The second-order valence-electron chi connectivity index (χ2n) is 7.65. The number of hydrogen-bond acceptors (Lipinski definition) is 5. The van der Waals surface area contributed by atoms with Crippen LogP contribution < -0.4 is 4.18 Å². The predicted octanol–water partition coefficient (Wildman–Crippen LogP) is 3.35. The molecule has 5 unspecified atom stereocenters. The molecule has 140 valence electrons. The van der Waals surface area contributed by atoms with Crippen molar-refractivity contribution in [1.82, 2.24) is 0 Å². The number of phenols is 1. The van der Waals surface area contributed by atoms with Gasteiger partial charge >= 0.3 is 10.4 Å². The van der Waals surface area contributed by atoms with E-state index >= 15 is 0 Å². The largest absolute Gasteiger partial charge is 0.508 e. The van der Waals surface area contributed by atoms with Gasteiger partial charge in [0, 0.05) is 30.2 Å². The Hall–Kier alpha value is -1.86. The maximum absolute atomic E-state index is 11.0. The van der Waals surface area contributed by atoms with E-state index in [0.717, 1.165) is 18.5 Å². The molecule has 2 N–H and O–H groups in total. The predicted molar refractivity (Wildman–Crippen MR) is 98.0 cm³/mol. The molecule has 26 heavy (non-hydrogen) atoms. The molecule has 1 heterocycles. The van der Waals surface area contributed by atoms with Crippen LogP contribution in [-0.2, 0) is 10.4 Å². The zero-order chi connectivity index (χ0) is 18.5. The molecular weight excluding hydrogens is 354 g/mol. The molecule has 5 atom stereocenters. The molecule has 3 aliphatic rings. The maximum Gasteiger partial charge on any atom is 0.446 e. The highest BCUT2D eigenvalue weighted by atomic mass is 32.3. The molecule has 6 nitrogen and oxygen atoms in total. The lowest BCUT2D eigenvalue weighted by molar-refractivity contribution is 0.186. The molecule has 2 aliphatic carbocycles. The van der Waals surface area contributed by atoms with E-state index in [9.17, 15) is 13.5 Å². The molecule has 1 fully saturated rings. The normalized spacial score (nSPS) is 33.3. The molecule has 0 amide bonds. The first-order chi connectivity index (χ1) is 12.3. The number of allylic oxidation sites excluding steroid dienone is 2. The van der Waals surface area contributed by atoms with E-state index in [2.05, 4.69) is 23.3 Å². The Balaban J connectivity index is 1.75. The average molecular weight is 377 g/mol. The molecule has 0 aromatic heterocycles. The minimum Gasteiger partial charge on any atom is -0.508 e. The van der Waals surface area contributed by atoms with Crippen LogP contribution in [0.3, 0.4) is 0 Å². The highest BCUT2D eigenvalue weighted by Crippen LogP contribution is 2.50. The van der Waals surface area contributed by atoms with Crippen LogP contribution in [0, 0.1) is 23.7 Å². The Morgan fingerprint density at radius 3 is 2.81 bits per heavy atom. The summed E-state index contributed by atoms with van der Waals surface area (Å²) in [5.41, 5.74) is 2.11. The van der Waals surface area contributed by atoms with Gasteiger partial charge in [-0.3, -0.25) is 9.55 Å². The summed E-state index contributed by atoms with van der Waals surface area (Å²) in [6.07, 6.45) is 7.85. The van der Waals surface area contributed by atoms with Gasteiger partial charge in [0.05, 0.1) is 0 Å².